The summed E-state index contributed by atoms with van der Waals surface area (Å²) >= 11 is 0. The van der Waals surface area contributed by atoms with Gasteiger partial charge in [-0.25, -0.2) is 0 Å². The Morgan fingerprint density at radius 1 is 1.32 bits per heavy atom. The highest BCUT2D eigenvalue weighted by Gasteiger charge is 2.39. The molecule has 1 fully saturated rings. The molecular weight excluding hydrogens is 272 g/mol. The number of piperidine rings is 1. The summed E-state index contributed by atoms with van der Waals surface area (Å²) in [5.74, 6) is 0.370. The Morgan fingerprint density at radius 2 is 2.00 bits per heavy atom. The number of allylic oxidation sites excluding steroid dienone is 1. The lowest BCUT2D eigenvalue weighted by molar-refractivity contribution is -0.135. The predicted octanol–water partition coefficient (Wildman–Crippen LogP) is 2.95. The number of nitrogens with zero attached hydrogens (tertiary/aromatic N) is 1. The van der Waals surface area contributed by atoms with E-state index >= 15 is 0 Å². The van der Waals surface area contributed by atoms with Gasteiger partial charge in [0.2, 0.25) is 5.91 Å². The fourth-order valence-electron chi connectivity index (χ4n) is 3.71. The lowest BCUT2D eigenvalue weighted by Crippen LogP contribution is -2.51. The standard InChI is InChI=1S/C19H26N2O/c1-3-14(2)17(20)18(22)21-12-10-19(11-13-21)9-8-15-6-4-5-7-16(15)19/h4-9,14,17H,3,10-13,20H2,1-2H3/t14-,17-/m0/s1. The maximum Gasteiger partial charge on any atom is 0.239 e. The number of amides is 1. The Balaban J connectivity index is 1.69. The number of benzene rings is 1. The van der Waals surface area contributed by atoms with Crippen molar-refractivity contribution in [1.82, 2.24) is 4.90 Å². The highest BCUT2D eigenvalue weighted by Crippen LogP contribution is 2.43. The zero-order chi connectivity index (χ0) is 15.7. The summed E-state index contributed by atoms with van der Waals surface area (Å²) in [7, 11) is 0. The summed E-state index contributed by atoms with van der Waals surface area (Å²) in [6.45, 7) is 5.76. The van der Waals surface area contributed by atoms with Crippen LogP contribution in [0.15, 0.2) is 30.3 Å². The molecule has 2 aliphatic rings. The van der Waals surface area contributed by atoms with Gasteiger partial charge in [0, 0.05) is 18.5 Å². The SMILES string of the molecule is CC[C@H](C)[C@H](N)C(=O)N1CCC2(C=Cc3ccccc32)CC1. The molecule has 3 nitrogen and oxygen atoms in total. The molecule has 3 rings (SSSR count). The molecule has 1 aliphatic heterocycles. The third kappa shape index (κ3) is 2.48. The number of likely N-dealkylation sites (tertiary alicyclic amines) is 1. The van der Waals surface area contributed by atoms with Crippen molar-refractivity contribution in [3.05, 3.63) is 41.5 Å². The number of hydrogen-bond acceptors (Lipinski definition) is 2. The van der Waals surface area contributed by atoms with Gasteiger partial charge < -0.3 is 10.6 Å². The molecule has 1 saturated heterocycles. The molecule has 0 saturated carbocycles. The summed E-state index contributed by atoms with van der Waals surface area (Å²) in [5.41, 5.74) is 9.01. The number of hydrogen-bond donors (Lipinski definition) is 1. The molecule has 1 aromatic carbocycles. The molecule has 0 aromatic heterocycles. The Labute approximate surface area is 133 Å². The molecule has 22 heavy (non-hydrogen) atoms. The molecule has 2 atom stereocenters. The first-order chi connectivity index (χ1) is 10.6. The van der Waals surface area contributed by atoms with Crippen LogP contribution < -0.4 is 5.73 Å². The number of carbonyl (C=O) groups excluding carboxylic acids is 1. The molecule has 0 unspecified atom stereocenters. The summed E-state index contributed by atoms with van der Waals surface area (Å²) < 4.78 is 0. The second-order valence-electron chi connectivity index (χ2n) is 6.81. The van der Waals surface area contributed by atoms with Gasteiger partial charge in [-0.1, -0.05) is 56.7 Å². The molecule has 118 valence electrons. The molecular formula is C19H26N2O. The van der Waals surface area contributed by atoms with Crippen molar-refractivity contribution in [2.75, 3.05) is 13.1 Å². The van der Waals surface area contributed by atoms with Gasteiger partial charge in [0.1, 0.15) is 0 Å². The fraction of sp³-hybridized carbons (Fsp3) is 0.526. The molecule has 0 bridgehead atoms. The monoisotopic (exact) mass is 298 g/mol. The van der Waals surface area contributed by atoms with Gasteiger partial charge in [-0.05, 0) is 29.9 Å². The molecule has 3 heteroatoms. The van der Waals surface area contributed by atoms with Crippen LogP contribution in [0.2, 0.25) is 0 Å². The predicted molar refractivity (Wildman–Crippen MR) is 90.4 cm³/mol. The first kappa shape index (κ1) is 15.3. The van der Waals surface area contributed by atoms with Crippen molar-refractivity contribution in [2.24, 2.45) is 11.7 Å². The topological polar surface area (TPSA) is 46.3 Å². The average Bonchev–Trinajstić information content (AvgIpc) is 2.92. The number of carbonyl (C=O) groups is 1. The molecule has 1 heterocycles. The van der Waals surface area contributed by atoms with E-state index in [1.54, 1.807) is 0 Å². The fourth-order valence-corrected chi connectivity index (χ4v) is 3.71. The normalized spacial score (nSPS) is 21.7. The van der Waals surface area contributed by atoms with E-state index in [1.165, 1.54) is 11.1 Å². The second kappa shape index (κ2) is 5.88. The molecule has 1 aliphatic carbocycles. The Hall–Kier alpha value is -1.61. The van der Waals surface area contributed by atoms with Gasteiger partial charge in [-0.3, -0.25) is 4.79 Å². The van der Waals surface area contributed by atoms with E-state index in [0.29, 0.717) is 0 Å². The van der Waals surface area contributed by atoms with Crippen molar-refractivity contribution < 1.29 is 4.79 Å². The van der Waals surface area contributed by atoms with E-state index in [9.17, 15) is 4.79 Å². The largest absolute Gasteiger partial charge is 0.341 e. The Kier molecular flexibility index (Phi) is 4.09. The second-order valence-corrected chi connectivity index (χ2v) is 6.81. The Morgan fingerprint density at radius 3 is 2.68 bits per heavy atom. The molecule has 2 N–H and O–H groups in total. The highest BCUT2D eigenvalue weighted by molar-refractivity contribution is 5.82. The van der Waals surface area contributed by atoms with Gasteiger partial charge in [0.15, 0.2) is 0 Å². The van der Waals surface area contributed by atoms with Crippen LogP contribution in [0.4, 0.5) is 0 Å². The van der Waals surface area contributed by atoms with Crippen LogP contribution in [0.5, 0.6) is 0 Å². The maximum atomic E-state index is 12.5. The van der Waals surface area contributed by atoms with Crippen LogP contribution in [0.25, 0.3) is 6.08 Å². The first-order valence-electron chi connectivity index (χ1n) is 8.40. The zero-order valence-electron chi connectivity index (χ0n) is 13.6. The van der Waals surface area contributed by atoms with Crippen LogP contribution >= 0.6 is 0 Å². The number of nitrogens with two attached hydrogens (primary N) is 1. The lowest BCUT2D eigenvalue weighted by Gasteiger charge is -2.40. The summed E-state index contributed by atoms with van der Waals surface area (Å²) in [6, 6.07) is 8.26. The van der Waals surface area contributed by atoms with E-state index in [2.05, 4.69) is 50.3 Å². The molecule has 1 spiro atoms. The minimum Gasteiger partial charge on any atom is -0.341 e. The Bertz CT molecular complexity index is 585. The number of rotatable bonds is 3. The summed E-state index contributed by atoms with van der Waals surface area (Å²) in [5, 5.41) is 0. The van der Waals surface area contributed by atoms with Gasteiger partial charge in [0.25, 0.3) is 0 Å². The highest BCUT2D eigenvalue weighted by atomic mass is 16.2. The van der Waals surface area contributed by atoms with Crippen molar-refractivity contribution in [1.29, 1.82) is 0 Å². The lowest BCUT2D eigenvalue weighted by atomic mass is 9.74. The minimum absolute atomic E-state index is 0.125. The smallest absolute Gasteiger partial charge is 0.239 e. The van der Waals surface area contributed by atoms with Gasteiger partial charge >= 0.3 is 0 Å². The maximum absolute atomic E-state index is 12.5. The van der Waals surface area contributed by atoms with Gasteiger partial charge in [-0.15, -0.1) is 0 Å². The molecule has 1 aromatic rings. The van der Waals surface area contributed by atoms with Gasteiger partial charge in [-0.2, -0.15) is 0 Å². The van der Waals surface area contributed by atoms with Crippen molar-refractivity contribution in [3.8, 4) is 0 Å². The van der Waals surface area contributed by atoms with Crippen LogP contribution in [0.3, 0.4) is 0 Å². The number of fused-ring (bicyclic) bond motifs is 2. The van der Waals surface area contributed by atoms with Crippen LogP contribution in [0, 0.1) is 5.92 Å². The van der Waals surface area contributed by atoms with E-state index in [-0.39, 0.29) is 23.3 Å². The first-order valence-corrected chi connectivity index (χ1v) is 8.40. The third-order valence-electron chi connectivity index (χ3n) is 5.59. The van der Waals surface area contributed by atoms with Crippen molar-refractivity contribution >= 4 is 12.0 Å². The zero-order valence-corrected chi connectivity index (χ0v) is 13.6. The molecule has 0 radical (unpaired) electrons. The van der Waals surface area contributed by atoms with Crippen molar-refractivity contribution in [2.45, 2.75) is 44.6 Å². The van der Waals surface area contributed by atoms with Crippen LogP contribution in [0.1, 0.15) is 44.2 Å². The molecule has 1 amide bonds. The average molecular weight is 298 g/mol. The summed E-state index contributed by atoms with van der Waals surface area (Å²) in [6.07, 6.45) is 7.52. The van der Waals surface area contributed by atoms with E-state index in [1.807, 2.05) is 4.90 Å². The van der Waals surface area contributed by atoms with E-state index in [4.69, 9.17) is 5.73 Å². The van der Waals surface area contributed by atoms with E-state index in [0.717, 1.165) is 32.4 Å². The minimum atomic E-state index is -0.356. The third-order valence-corrected chi connectivity index (χ3v) is 5.59. The van der Waals surface area contributed by atoms with Crippen molar-refractivity contribution in [3.63, 3.8) is 0 Å². The summed E-state index contributed by atoms with van der Waals surface area (Å²) in [4.78, 5) is 14.5. The van der Waals surface area contributed by atoms with Gasteiger partial charge in [0.05, 0.1) is 6.04 Å². The quantitative estimate of drug-likeness (QED) is 0.932. The van der Waals surface area contributed by atoms with E-state index < -0.39 is 0 Å². The van der Waals surface area contributed by atoms with Crippen LogP contribution in [-0.2, 0) is 10.2 Å². The van der Waals surface area contributed by atoms with Crippen LogP contribution in [-0.4, -0.2) is 29.9 Å².